The number of rotatable bonds is 1. The van der Waals surface area contributed by atoms with E-state index in [0.717, 1.165) is 32.8 Å². The Morgan fingerprint density at radius 1 is 1.32 bits per heavy atom. The van der Waals surface area contributed by atoms with Crippen LogP contribution < -0.4 is 10.2 Å². The van der Waals surface area contributed by atoms with Crippen LogP contribution >= 0.6 is 0 Å². The molecule has 19 heavy (non-hydrogen) atoms. The van der Waals surface area contributed by atoms with Gasteiger partial charge in [-0.15, -0.1) is 0 Å². The minimum atomic E-state index is 0.362. The van der Waals surface area contributed by atoms with Crippen molar-refractivity contribution in [3.8, 4) is 0 Å². The number of para-hydroxylation sites is 1. The number of benzene rings is 1. The van der Waals surface area contributed by atoms with Gasteiger partial charge < -0.3 is 15.0 Å². The lowest BCUT2D eigenvalue weighted by molar-refractivity contribution is -0.118. The number of hydrogen-bond acceptors (Lipinski definition) is 3. The predicted octanol–water partition coefficient (Wildman–Crippen LogP) is 2.12. The van der Waals surface area contributed by atoms with Gasteiger partial charge in [-0.3, -0.25) is 0 Å². The van der Waals surface area contributed by atoms with E-state index in [9.17, 15) is 0 Å². The summed E-state index contributed by atoms with van der Waals surface area (Å²) >= 11 is 0. The molecule has 1 saturated heterocycles. The summed E-state index contributed by atoms with van der Waals surface area (Å²) in [7, 11) is 0. The van der Waals surface area contributed by atoms with Gasteiger partial charge in [0.2, 0.25) is 0 Å². The van der Waals surface area contributed by atoms with E-state index in [-0.39, 0.29) is 0 Å². The number of hydrogen-bond donors (Lipinski definition) is 1. The summed E-state index contributed by atoms with van der Waals surface area (Å²) in [6.07, 6.45) is 1.27. The summed E-state index contributed by atoms with van der Waals surface area (Å²) in [4.78, 5) is 2.59. The Labute approximate surface area is 114 Å². The molecule has 1 N–H and O–H groups in total. The highest BCUT2D eigenvalue weighted by Crippen LogP contribution is 2.50. The van der Waals surface area contributed by atoms with E-state index in [4.69, 9.17) is 4.74 Å². The van der Waals surface area contributed by atoms with E-state index in [1.807, 2.05) is 0 Å². The fourth-order valence-electron chi connectivity index (χ4n) is 3.98. The van der Waals surface area contributed by atoms with Crippen molar-refractivity contribution in [3.63, 3.8) is 0 Å². The molecule has 4 rings (SSSR count). The van der Waals surface area contributed by atoms with Crippen molar-refractivity contribution in [2.24, 2.45) is 5.41 Å². The van der Waals surface area contributed by atoms with Crippen molar-refractivity contribution in [2.75, 3.05) is 37.7 Å². The fourth-order valence-corrected chi connectivity index (χ4v) is 3.98. The molecule has 0 spiro atoms. The number of nitrogens with one attached hydrogen (secondary N) is 1. The van der Waals surface area contributed by atoms with Crippen molar-refractivity contribution in [1.29, 1.82) is 0 Å². The summed E-state index contributed by atoms with van der Waals surface area (Å²) < 4.78 is 5.50. The quantitative estimate of drug-likeness (QED) is 0.835. The van der Waals surface area contributed by atoms with Crippen molar-refractivity contribution >= 4 is 5.69 Å². The topological polar surface area (TPSA) is 24.5 Å². The minimum Gasteiger partial charge on any atom is -0.380 e. The van der Waals surface area contributed by atoms with Crippen LogP contribution in [0.1, 0.15) is 30.4 Å². The molecule has 3 nitrogen and oxygen atoms in total. The molecule has 1 unspecified atom stereocenters. The van der Waals surface area contributed by atoms with Gasteiger partial charge in [-0.05, 0) is 23.5 Å². The molecule has 0 aliphatic carbocycles. The SMILES string of the molecule is CC1(C2CCN3CCNCc4cccc2c43)COC1. The van der Waals surface area contributed by atoms with Crippen LogP contribution in [0.5, 0.6) is 0 Å². The van der Waals surface area contributed by atoms with Crippen LogP contribution in [0.25, 0.3) is 0 Å². The molecule has 1 atom stereocenters. The maximum absolute atomic E-state index is 5.50. The van der Waals surface area contributed by atoms with E-state index in [0.29, 0.717) is 11.3 Å². The van der Waals surface area contributed by atoms with Gasteiger partial charge in [0.05, 0.1) is 13.2 Å². The largest absolute Gasteiger partial charge is 0.380 e. The zero-order chi connectivity index (χ0) is 12.9. The summed E-state index contributed by atoms with van der Waals surface area (Å²) in [5.74, 6) is 0.672. The molecule has 1 fully saturated rings. The monoisotopic (exact) mass is 258 g/mol. The summed E-state index contributed by atoms with van der Waals surface area (Å²) in [5, 5.41) is 3.54. The lowest BCUT2D eigenvalue weighted by Gasteiger charge is -2.49. The van der Waals surface area contributed by atoms with E-state index in [2.05, 4.69) is 35.3 Å². The maximum Gasteiger partial charge on any atom is 0.0548 e. The summed E-state index contributed by atoms with van der Waals surface area (Å²) in [6, 6.07) is 6.87. The molecule has 0 bridgehead atoms. The Morgan fingerprint density at radius 3 is 3.00 bits per heavy atom. The Bertz CT molecular complexity index is 496. The van der Waals surface area contributed by atoms with E-state index < -0.39 is 0 Å². The first kappa shape index (κ1) is 11.7. The van der Waals surface area contributed by atoms with Crippen LogP contribution in [0.3, 0.4) is 0 Å². The van der Waals surface area contributed by atoms with Gasteiger partial charge in [0.15, 0.2) is 0 Å². The maximum atomic E-state index is 5.50. The molecular formula is C16H22N2O. The first-order valence-corrected chi connectivity index (χ1v) is 7.43. The molecule has 0 saturated carbocycles. The van der Waals surface area contributed by atoms with Crippen LogP contribution in [0.4, 0.5) is 5.69 Å². The number of nitrogens with zero attached hydrogens (tertiary/aromatic N) is 1. The van der Waals surface area contributed by atoms with Gasteiger partial charge >= 0.3 is 0 Å². The van der Waals surface area contributed by atoms with Crippen LogP contribution in [0, 0.1) is 5.41 Å². The highest BCUT2D eigenvalue weighted by Gasteiger charge is 2.45. The molecule has 0 aromatic heterocycles. The Hall–Kier alpha value is -1.06. The molecule has 102 valence electrons. The Morgan fingerprint density at radius 2 is 2.21 bits per heavy atom. The predicted molar refractivity (Wildman–Crippen MR) is 76.6 cm³/mol. The van der Waals surface area contributed by atoms with E-state index in [1.165, 1.54) is 24.2 Å². The average Bonchev–Trinajstić information content (AvgIpc) is 2.61. The zero-order valence-corrected chi connectivity index (χ0v) is 11.6. The molecule has 0 amide bonds. The second-order valence-corrected chi connectivity index (χ2v) is 6.51. The molecular weight excluding hydrogens is 236 g/mol. The van der Waals surface area contributed by atoms with Gasteiger partial charge in [0, 0.05) is 37.3 Å². The van der Waals surface area contributed by atoms with Crippen LogP contribution in [-0.2, 0) is 11.3 Å². The lowest BCUT2D eigenvalue weighted by atomic mass is 9.68. The van der Waals surface area contributed by atoms with Crippen molar-refractivity contribution < 1.29 is 4.74 Å². The Kier molecular flexibility index (Phi) is 2.61. The first-order chi connectivity index (χ1) is 9.28. The number of anilines is 1. The lowest BCUT2D eigenvalue weighted by Crippen LogP contribution is -2.48. The van der Waals surface area contributed by atoms with Crippen LogP contribution in [0.2, 0.25) is 0 Å². The highest BCUT2D eigenvalue weighted by atomic mass is 16.5. The van der Waals surface area contributed by atoms with Gasteiger partial charge in [0.25, 0.3) is 0 Å². The molecule has 3 heterocycles. The van der Waals surface area contributed by atoms with Crippen molar-refractivity contribution in [1.82, 2.24) is 5.32 Å². The molecule has 0 radical (unpaired) electrons. The third-order valence-electron chi connectivity index (χ3n) is 5.11. The van der Waals surface area contributed by atoms with Crippen molar-refractivity contribution in [3.05, 3.63) is 29.3 Å². The normalized spacial score (nSPS) is 28.3. The molecule has 1 aromatic carbocycles. The second-order valence-electron chi connectivity index (χ2n) is 6.51. The van der Waals surface area contributed by atoms with E-state index in [1.54, 1.807) is 5.56 Å². The third kappa shape index (κ3) is 1.72. The minimum absolute atomic E-state index is 0.362. The average molecular weight is 258 g/mol. The summed E-state index contributed by atoms with van der Waals surface area (Å²) in [5.41, 5.74) is 4.93. The molecule has 3 aliphatic heterocycles. The molecule has 3 heteroatoms. The third-order valence-corrected chi connectivity index (χ3v) is 5.11. The molecule has 1 aromatic rings. The van der Waals surface area contributed by atoms with Crippen LogP contribution in [-0.4, -0.2) is 32.8 Å². The fraction of sp³-hybridized carbons (Fsp3) is 0.625. The summed E-state index contributed by atoms with van der Waals surface area (Å²) in [6.45, 7) is 8.71. The van der Waals surface area contributed by atoms with Gasteiger partial charge in [-0.1, -0.05) is 25.1 Å². The zero-order valence-electron chi connectivity index (χ0n) is 11.6. The van der Waals surface area contributed by atoms with Gasteiger partial charge in [-0.2, -0.15) is 0 Å². The van der Waals surface area contributed by atoms with Gasteiger partial charge in [0.1, 0.15) is 0 Å². The second kappa shape index (κ2) is 4.22. The highest BCUT2D eigenvalue weighted by molar-refractivity contribution is 5.63. The van der Waals surface area contributed by atoms with E-state index >= 15 is 0 Å². The number of ether oxygens (including phenoxy) is 1. The van der Waals surface area contributed by atoms with Crippen LogP contribution in [0.15, 0.2) is 18.2 Å². The first-order valence-electron chi connectivity index (χ1n) is 7.43. The van der Waals surface area contributed by atoms with Crippen molar-refractivity contribution in [2.45, 2.75) is 25.8 Å². The smallest absolute Gasteiger partial charge is 0.0548 e. The Balaban J connectivity index is 1.81. The standard InChI is InChI=1S/C16H22N2O/c1-16(10-19-11-16)14-5-7-18-8-6-17-9-12-3-2-4-13(14)15(12)18/h2-4,14,17H,5-11H2,1H3. The molecule has 3 aliphatic rings. The van der Waals surface area contributed by atoms with Gasteiger partial charge in [-0.25, -0.2) is 0 Å².